The van der Waals surface area contributed by atoms with E-state index in [9.17, 15) is 4.79 Å². The molecule has 0 bridgehead atoms. The molecular formula is C9H18O4S. The van der Waals surface area contributed by atoms with Crippen LogP contribution in [0.15, 0.2) is 0 Å². The molecule has 0 aromatic rings. The topological polar surface area (TPSA) is 44.8 Å². The minimum absolute atomic E-state index is 0.222. The Bertz CT molecular complexity index is 141. The monoisotopic (exact) mass is 222 g/mol. The average Bonchev–Trinajstić information content (AvgIpc) is 2.17. The van der Waals surface area contributed by atoms with Crippen LogP contribution in [0.5, 0.6) is 0 Å². The van der Waals surface area contributed by atoms with Crippen molar-refractivity contribution in [3.8, 4) is 0 Å². The van der Waals surface area contributed by atoms with Crippen molar-refractivity contribution in [1.82, 2.24) is 0 Å². The van der Waals surface area contributed by atoms with Gasteiger partial charge in [-0.25, -0.2) is 0 Å². The SMILES string of the molecule is COCCCOCCOC(=O)CCS. The van der Waals surface area contributed by atoms with Crippen LogP contribution in [0.25, 0.3) is 0 Å². The summed E-state index contributed by atoms with van der Waals surface area (Å²) in [7, 11) is 1.65. The van der Waals surface area contributed by atoms with Gasteiger partial charge in [0.05, 0.1) is 13.0 Å². The highest BCUT2D eigenvalue weighted by atomic mass is 32.1. The Labute approximate surface area is 90.3 Å². The van der Waals surface area contributed by atoms with Gasteiger partial charge in [0.25, 0.3) is 0 Å². The third kappa shape index (κ3) is 9.83. The zero-order chi connectivity index (χ0) is 10.6. The summed E-state index contributed by atoms with van der Waals surface area (Å²) in [6, 6.07) is 0. The number of methoxy groups -OCH3 is 1. The number of esters is 1. The maximum Gasteiger partial charge on any atom is 0.306 e. The van der Waals surface area contributed by atoms with E-state index < -0.39 is 0 Å². The molecule has 0 amide bonds. The molecule has 0 unspecified atom stereocenters. The van der Waals surface area contributed by atoms with E-state index in [0.717, 1.165) is 6.42 Å². The Morgan fingerprint density at radius 1 is 1.21 bits per heavy atom. The summed E-state index contributed by atoms with van der Waals surface area (Å²) in [4.78, 5) is 10.8. The molecule has 0 aliphatic carbocycles. The van der Waals surface area contributed by atoms with Gasteiger partial charge in [-0.1, -0.05) is 0 Å². The number of carbonyl (C=O) groups excluding carboxylic acids is 1. The molecular weight excluding hydrogens is 204 g/mol. The Morgan fingerprint density at radius 3 is 2.64 bits per heavy atom. The molecule has 4 nitrogen and oxygen atoms in total. The number of carbonyl (C=O) groups is 1. The summed E-state index contributed by atoms with van der Waals surface area (Å²) in [5, 5.41) is 0. The van der Waals surface area contributed by atoms with E-state index in [4.69, 9.17) is 14.2 Å². The summed E-state index contributed by atoms with van der Waals surface area (Å²) >= 11 is 3.92. The van der Waals surface area contributed by atoms with Crippen LogP contribution in [0.2, 0.25) is 0 Å². The van der Waals surface area contributed by atoms with Gasteiger partial charge in [-0.05, 0) is 6.42 Å². The minimum Gasteiger partial charge on any atom is -0.463 e. The largest absolute Gasteiger partial charge is 0.463 e. The van der Waals surface area contributed by atoms with Crippen LogP contribution in [-0.4, -0.2) is 45.3 Å². The van der Waals surface area contributed by atoms with Crippen molar-refractivity contribution >= 4 is 18.6 Å². The molecule has 0 rings (SSSR count). The summed E-state index contributed by atoms with van der Waals surface area (Å²) in [6.45, 7) is 2.10. The van der Waals surface area contributed by atoms with Crippen LogP contribution < -0.4 is 0 Å². The van der Waals surface area contributed by atoms with Crippen LogP contribution >= 0.6 is 12.6 Å². The van der Waals surface area contributed by atoms with Gasteiger partial charge in [-0.3, -0.25) is 4.79 Å². The summed E-state index contributed by atoms with van der Waals surface area (Å²) < 4.78 is 14.9. The first-order chi connectivity index (χ1) is 6.81. The average molecular weight is 222 g/mol. The lowest BCUT2D eigenvalue weighted by molar-refractivity contribution is -0.144. The van der Waals surface area contributed by atoms with Crippen molar-refractivity contribution in [2.45, 2.75) is 12.8 Å². The van der Waals surface area contributed by atoms with Gasteiger partial charge in [0, 0.05) is 26.1 Å². The Kier molecular flexibility index (Phi) is 10.6. The van der Waals surface area contributed by atoms with Gasteiger partial charge in [-0.2, -0.15) is 12.6 Å². The molecule has 0 aromatic carbocycles. The van der Waals surface area contributed by atoms with E-state index in [1.807, 2.05) is 0 Å². The number of hydrogen-bond acceptors (Lipinski definition) is 5. The molecule has 0 saturated heterocycles. The zero-order valence-corrected chi connectivity index (χ0v) is 9.42. The van der Waals surface area contributed by atoms with Gasteiger partial charge in [0.15, 0.2) is 0 Å². The van der Waals surface area contributed by atoms with E-state index >= 15 is 0 Å². The molecule has 0 aliphatic rings. The van der Waals surface area contributed by atoms with E-state index in [1.165, 1.54) is 0 Å². The predicted molar refractivity (Wildman–Crippen MR) is 56.7 cm³/mol. The predicted octanol–water partition coefficient (Wildman–Crippen LogP) is 0.903. The molecule has 0 atom stereocenters. The molecule has 5 heteroatoms. The second-order valence-electron chi connectivity index (χ2n) is 2.65. The van der Waals surface area contributed by atoms with Crippen molar-refractivity contribution in [1.29, 1.82) is 0 Å². The minimum atomic E-state index is -0.222. The fourth-order valence-electron chi connectivity index (χ4n) is 0.785. The molecule has 84 valence electrons. The molecule has 0 radical (unpaired) electrons. The summed E-state index contributed by atoms with van der Waals surface area (Å²) in [6.07, 6.45) is 1.22. The fraction of sp³-hybridized carbons (Fsp3) is 0.889. The third-order valence-corrected chi connectivity index (χ3v) is 1.67. The molecule has 0 fully saturated rings. The van der Waals surface area contributed by atoms with Crippen molar-refractivity contribution in [2.24, 2.45) is 0 Å². The van der Waals surface area contributed by atoms with Gasteiger partial charge in [0.1, 0.15) is 6.61 Å². The molecule has 0 saturated carbocycles. The van der Waals surface area contributed by atoms with Gasteiger partial charge in [-0.15, -0.1) is 0 Å². The van der Waals surface area contributed by atoms with E-state index in [-0.39, 0.29) is 5.97 Å². The van der Waals surface area contributed by atoms with Crippen molar-refractivity contribution in [3.05, 3.63) is 0 Å². The first-order valence-electron chi connectivity index (χ1n) is 4.64. The fourth-order valence-corrected chi connectivity index (χ4v) is 0.968. The van der Waals surface area contributed by atoms with Crippen molar-refractivity contribution < 1.29 is 19.0 Å². The number of hydrogen-bond donors (Lipinski definition) is 1. The standard InChI is InChI=1S/C9H18O4S/c1-11-4-2-5-12-6-7-13-9(10)3-8-14/h14H,2-8H2,1H3. The highest BCUT2D eigenvalue weighted by molar-refractivity contribution is 7.80. The van der Waals surface area contributed by atoms with Gasteiger partial charge >= 0.3 is 5.97 Å². The normalized spacial score (nSPS) is 10.1. The van der Waals surface area contributed by atoms with Crippen LogP contribution in [0.1, 0.15) is 12.8 Å². The highest BCUT2D eigenvalue weighted by Crippen LogP contribution is 1.90. The first kappa shape index (κ1) is 13.7. The lowest BCUT2D eigenvalue weighted by Gasteiger charge is -2.05. The molecule has 14 heavy (non-hydrogen) atoms. The van der Waals surface area contributed by atoms with Gasteiger partial charge < -0.3 is 14.2 Å². The summed E-state index contributed by atoms with van der Waals surface area (Å²) in [5.41, 5.74) is 0. The van der Waals surface area contributed by atoms with Crippen LogP contribution in [0, 0.1) is 0 Å². The van der Waals surface area contributed by atoms with Crippen LogP contribution in [-0.2, 0) is 19.0 Å². The highest BCUT2D eigenvalue weighted by Gasteiger charge is 1.99. The first-order valence-corrected chi connectivity index (χ1v) is 5.27. The smallest absolute Gasteiger partial charge is 0.306 e. The Morgan fingerprint density at radius 2 is 2.00 bits per heavy atom. The van der Waals surface area contributed by atoms with Crippen LogP contribution in [0.3, 0.4) is 0 Å². The maximum absolute atomic E-state index is 10.8. The van der Waals surface area contributed by atoms with Gasteiger partial charge in [0.2, 0.25) is 0 Å². The second kappa shape index (κ2) is 10.8. The quantitative estimate of drug-likeness (QED) is 0.358. The van der Waals surface area contributed by atoms with E-state index in [2.05, 4.69) is 12.6 Å². The molecule has 0 aliphatic heterocycles. The lowest BCUT2D eigenvalue weighted by Crippen LogP contribution is -2.11. The number of rotatable bonds is 9. The van der Waals surface area contributed by atoms with Crippen molar-refractivity contribution in [2.75, 3.05) is 39.3 Å². The molecule has 0 spiro atoms. The van der Waals surface area contributed by atoms with E-state index in [0.29, 0.717) is 38.6 Å². The van der Waals surface area contributed by atoms with E-state index in [1.54, 1.807) is 7.11 Å². The molecule has 0 N–H and O–H groups in total. The lowest BCUT2D eigenvalue weighted by atomic mass is 10.5. The van der Waals surface area contributed by atoms with Crippen LogP contribution in [0.4, 0.5) is 0 Å². The molecule has 0 aromatic heterocycles. The summed E-state index contributed by atoms with van der Waals surface area (Å²) in [5.74, 6) is 0.300. The Hall–Kier alpha value is -0.260. The third-order valence-electron chi connectivity index (χ3n) is 1.44. The Balaban J connectivity index is 3.01. The maximum atomic E-state index is 10.8. The second-order valence-corrected chi connectivity index (χ2v) is 3.10. The molecule has 0 heterocycles. The zero-order valence-electron chi connectivity index (χ0n) is 8.53. The number of ether oxygens (including phenoxy) is 3. The number of thiol groups is 1. The van der Waals surface area contributed by atoms with Crippen molar-refractivity contribution in [3.63, 3.8) is 0 Å².